The van der Waals surface area contributed by atoms with E-state index in [4.69, 9.17) is 5.26 Å². The van der Waals surface area contributed by atoms with Crippen LogP contribution in [0.4, 0.5) is 11.6 Å². The van der Waals surface area contributed by atoms with Gasteiger partial charge in [0.2, 0.25) is 0 Å². The molecule has 3 N–H and O–H groups in total. The molecule has 22 heavy (non-hydrogen) atoms. The molecule has 0 fully saturated rings. The Kier molecular flexibility index (Phi) is 3.37. The van der Waals surface area contributed by atoms with Crippen molar-refractivity contribution in [3.05, 3.63) is 42.0 Å². The fraction of sp³-hybridized carbons (Fsp3) is 0.0714. The monoisotopic (exact) mass is 293 g/mol. The van der Waals surface area contributed by atoms with E-state index in [-0.39, 0.29) is 11.4 Å². The van der Waals surface area contributed by atoms with Crippen molar-refractivity contribution in [3.8, 4) is 23.2 Å². The van der Waals surface area contributed by atoms with Gasteiger partial charge >= 0.3 is 0 Å². The van der Waals surface area contributed by atoms with Crippen molar-refractivity contribution in [2.45, 2.75) is 6.92 Å². The largest absolute Gasteiger partial charge is 0.506 e. The van der Waals surface area contributed by atoms with Gasteiger partial charge in [-0.3, -0.25) is 5.10 Å². The van der Waals surface area contributed by atoms with Gasteiger partial charge in [-0.15, -0.1) is 0 Å². The summed E-state index contributed by atoms with van der Waals surface area (Å²) in [5, 5.41) is 28.4. The molecule has 3 aromatic rings. The maximum Gasteiger partial charge on any atom is 0.158 e. The van der Waals surface area contributed by atoms with E-state index >= 15 is 0 Å². The van der Waals surface area contributed by atoms with Gasteiger partial charge in [0.25, 0.3) is 0 Å². The minimum atomic E-state index is 0.0685. The minimum absolute atomic E-state index is 0.0685. The zero-order valence-electron chi connectivity index (χ0n) is 11.6. The lowest BCUT2D eigenvalue weighted by Crippen LogP contribution is -1.95. The summed E-state index contributed by atoms with van der Waals surface area (Å²) in [5.41, 5.74) is 2.02. The maximum atomic E-state index is 9.86. The van der Waals surface area contributed by atoms with Gasteiger partial charge in [0, 0.05) is 11.8 Å². The van der Waals surface area contributed by atoms with Gasteiger partial charge in [0.05, 0.1) is 18.1 Å². The van der Waals surface area contributed by atoms with E-state index < -0.39 is 0 Å². The van der Waals surface area contributed by atoms with Crippen molar-refractivity contribution < 1.29 is 5.11 Å². The summed E-state index contributed by atoms with van der Waals surface area (Å²) >= 11 is 0. The summed E-state index contributed by atoms with van der Waals surface area (Å²) in [4.78, 5) is 12.2. The summed E-state index contributed by atoms with van der Waals surface area (Å²) in [6, 6.07) is 6.90. The molecule has 0 radical (unpaired) electrons. The molecule has 0 saturated carbocycles. The highest BCUT2D eigenvalue weighted by molar-refractivity contribution is 5.66. The molecule has 0 aliphatic heterocycles. The van der Waals surface area contributed by atoms with Gasteiger partial charge in [-0.25, -0.2) is 15.0 Å². The Hall–Kier alpha value is -3.47. The summed E-state index contributed by atoms with van der Waals surface area (Å²) < 4.78 is 0. The Balaban J connectivity index is 1.84. The van der Waals surface area contributed by atoms with Crippen LogP contribution in [0, 0.1) is 18.3 Å². The Bertz CT molecular complexity index is 848. The number of nitriles is 1. The second-order valence-corrected chi connectivity index (χ2v) is 4.51. The van der Waals surface area contributed by atoms with E-state index in [0.717, 1.165) is 5.69 Å². The fourth-order valence-electron chi connectivity index (χ4n) is 1.84. The molecule has 108 valence electrons. The van der Waals surface area contributed by atoms with Gasteiger partial charge in [-0.2, -0.15) is 10.4 Å². The number of nitrogens with zero attached hydrogens (tertiary/aromatic N) is 5. The molecule has 0 saturated heterocycles. The number of aryl methyl sites for hydroxylation is 1. The van der Waals surface area contributed by atoms with Crippen LogP contribution in [0.15, 0.2) is 30.6 Å². The van der Waals surface area contributed by atoms with Crippen LogP contribution >= 0.6 is 0 Å². The van der Waals surface area contributed by atoms with Crippen LogP contribution in [0.5, 0.6) is 5.75 Å². The van der Waals surface area contributed by atoms with Gasteiger partial charge < -0.3 is 10.4 Å². The Morgan fingerprint density at radius 1 is 1.23 bits per heavy atom. The fourth-order valence-corrected chi connectivity index (χ4v) is 1.84. The molecule has 0 aromatic carbocycles. The molecule has 0 unspecified atom stereocenters. The second kappa shape index (κ2) is 5.49. The molecule has 0 bridgehead atoms. The Morgan fingerprint density at radius 2 is 2.09 bits per heavy atom. The number of aromatic nitrogens is 5. The van der Waals surface area contributed by atoms with Crippen LogP contribution in [0.2, 0.25) is 0 Å². The summed E-state index contributed by atoms with van der Waals surface area (Å²) in [5.74, 6) is 1.02. The van der Waals surface area contributed by atoms with E-state index in [9.17, 15) is 5.11 Å². The average molecular weight is 293 g/mol. The average Bonchev–Trinajstić information content (AvgIpc) is 2.99. The summed E-state index contributed by atoms with van der Waals surface area (Å²) in [7, 11) is 0. The quantitative estimate of drug-likeness (QED) is 0.673. The third kappa shape index (κ3) is 2.69. The van der Waals surface area contributed by atoms with Gasteiger partial charge in [-0.05, 0) is 19.1 Å². The molecule has 3 rings (SSSR count). The lowest BCUT2D eigenvalue weighted by atomic mass is 10.2. The van der Waals surface area contributed by atoms with Crippen molar-refractivity contribution in [2.75, 3.05) is 5.32 Å². The number of rotatable bonds is 3. The SMILES string of the molecule is Cc1ccc(O)c(-c2cc(Nc3cnc(C#N)cn3)n[nH]2)n1. The highest BCUT2D eigenvalue weighted by Crippen LogP contribution is 2.27. The van der Waals surface area contributed by atoms with E-state index in [1.165, 1.54) is 12.4 Å². The minimum Gasteiger partial charge on any atom is -0.506 e. The smallest absolute Gasteiger partial charge is 0.158 e. The number of anilines is 2. The molecule has 0 amide bonds. The molecule has 0 aliphatic carbocycles. The topological polar surface area (TPSA) is 123 Å². The van der Waals surface area contributed by atoms with Crippen LogP contribution in [0.25, 0.3) is 11.4 Å². The molecule has 8 heteroatoms. The number of hydrogen-bond acceptors (Lipinski definition) is 7. The van der Waals surface area contributed by atoms with Gasteiger partial charge in [-0.1, -0.05) is 0 Å². The molecule has 3 aromatic heterocycles. The zero-order valence-corrected chi connectivity index (χ0v) is 11.6. The number of H-pyrrole nitrogens is 1. The normalized spacial score (nSPS) is 10.2. The maximum absolute atomic E-state index is 9.86. The lowest BCUT2D eigenvalue weighted by molar-refractivity contribution is 0.474. The Labute approximate surface area is 125 Å². The third-order valence-electron chi connectivity index (χ3n) is 2.87. The van der Waals surface area contributed by atoms with E-state index in [2.05, 4.69) is 30.5 Å². The van der Waals surface area contributed by atoms with Crippen molar-refractivity contribution in [1.29, 1.82) is 5.26 Å². The van der Waals surface area contributed by atoms with Crippen molar-refractivity contribution in [3.63, 3.8) is 0 Å². The van der Waals surface area contributed by atoms with Crippen LogP contribution in [0.1, 0.15) is 11.4 Å². The predicted molar refractivity (Wildman–Crippen MR) is 78.3 cm³/mol. The molecular weight excluding hydrogens is 282 g/mol. The molecule has 8 nitrogen and oxygen atoms in total. The van der Waals surface area contributed by atoms with E-state index in [1.54, 1.807) is 18.2 Å². The van der Waals surface area contributed by atoms with E-state index in [1.807, 2.05) is 13.0 Å². The van der Waals surface area contributed by atoms with Crippen molar-refractivity contribution in [2.24, 2.45) is 0 Å². The summed E-state index contributed by atoms with van der Waals surface area (Å²) in [6.45, 7) is 1.84. The molecule has 0 spiro atoms. The summed E-state index contributed by atoms with van der Waals surface area (Å²) in [6.07, 6.45) is 2.80. The number of aromatic amines is 1. The molecule has 3 heterocycles. The first kappa shape index (κ1) is 13.5. The second-order valence-electron chi connectivity index (χ2n) is 4.51. The number of pyridine rings is 1. The van der Waals surface area contributed by atoms with Crippen LogP contribution < -0.4 is 5.32 Å². The van der Waals surface area contributed by atoms with E-state index in [0.29, 0.717) is 23.0 Å². The number of nitrogens with one attached hydrogen (secondary N) is 2. The van der Waals surface area contributed by atoms with Gasteiger partial charge in [0.15, 0.2) is 11.5 Å². The highest BCUT2D eigenvalue weighted by atomic mass is 16.3. The molecule has 0 aliphatic rings. The molecule has 0 atom stereocenters. The van der Waals surface area contributed by atoms with Crippen LogP contribution in [-0.2, 0) is 0 Å². The predicted octanol–water partition coefficient (Wildman–Crippen LogP) is 1.89. The first-order valence-corrected chi connectivity index (χ1v) is 6.37. The van der Waals surface area contributed by atoms with Gasteiger partial charge in [0.1, 0.15) is 23.3 Å². The zero-order chi connectivity index (χ0) is 15.5. The first-order chi connectivity index (χ1) is 10.7. The Morgan fingerprint density at radius 3 is 2.82 bits per heavy atom. The van der Waals surface area contributed by atoms with Crippen LogP contribution in [0.3, 0.4) is 0 Å². The highest BCUT2D eigenvalue weighted by Gasteiger charge is 2.10. The third-order valence-corrected chi connectivity index (χ3v) is 2.87. The lowest BCUT2D eigenvalue weighted by Gasteiger charge is -2.01. The molecular formula is C14H11N7O. The van der Waals surface area contributed by atoms with Crippen molar-refractivity contribution >= 4 is 11.6 Å². The number of hydrogen-bond donors (Lipinski definition) is 3. The van der Waals surface area contributed by atoms with Crippen LogP contribution in [-0.4, -0.2) is 30.3 Å². The van der Waals surface area contributed by atoms with Crippen molar-refractivity contribution in [1.82, 2.24) is 25.1 Å². The standard InChI is InChI=1S/C14H11N7O/c1-8-2-3-11(22)14(18-8)10-4-12(21-20-10)19-13-7-16-9(5-15)6-17-13/h2-4,6-7,22H,1H3,(H2,17,19,20,21). The first-order valence-electron chi connectivity index (χ1n) is 6.37. The number of aromatic hydroxyl groups is 1.